The molecule has 0 amide bonds. The number of nitrogen functional groups attached to an aromatic ring is 1. The summed E-state index contributed by atoms with van der Waals surface area (Å²) in [5.41, 5.74) is 7.22. The van der Waals surface area contributed by atoms with E-state index in [4.69, 9.17) is 5.73 Å². The number of nitrogens with zero attached hydrogens (tertiary/aromatic N) is 4. The molecule has 4 rings (SSSR count). The SMILES string of the molecule is Nc1c(-c2nc3ccccc3[nH]2)nnn1-c1cccc(C(F)(F)F)c1. The van der Waals surface area contributed by atoms with E-state index in [-0.39, 0.29) is 17.2 Å². The van der Waals surface area contributed by atoms with Crippen LogP contribution in [0.25, 0.3) is 28.2 Å². The van der Waals surface area contributed by atoms with Crippen LogP contribution in [0.2, 0.25) is 0 Å². The Kier molecular flexibility index (Phi) is 3.24. The summed E-state index contributed by atoms with van der Waals surface area (Å²) in [4.78, 5) is 7.44. The Bertz CT molecular complexity index is 1030. The van der Waals surface area contributed by atoms with Crippen molar-refractivity contribution >= 4 is 16.9 Å². The number of imidazole rings is 1. The molecule has 0 spiro atoms. The number of hydrogen-bond acceptors (Lipinski definition) is 4. The Morgan fingerprint density at radius 2 is 1.84 bits per heavy atom. The first-order valence-corrected chi connectivity index (χ1v) is 7.27. The number of nitrogens with one attached hydrogen (secondary N) is 1. The molecule has 0 aliphatic rings. The van der Waals surface area contributed by atoms with Crippen molar-refractivity contribution in [1.82, 2.24) is 25.0 Å². The van der Waals surface area contributed by atoms with Gasteiger partial charge < -0.3 is 10.7 Å². The highest BCUT2D eigenvalue weighted by molar-refractivity contribution is 5.80. The summed E-state index contributed by atoms with van der Waals surface area (Å²) in [5.74, 6) is 0.496. The maximum absolute atomic E-state index is 12.9. The number of anilines is 1. The standard InChI is InChI=1S/C16H11F3N6/c17-16(18,19)9-4-3-5-10(8-9)25-14(20)13(23-24-25)15-21-11-6-1-2-7-12(11)22-15/h1-8H,20H2,(H,21,22). The summed E-state index contributed by atoms with van der Waals surface area (Å²) in [6.07, 6.45) is -4.45. The maximum atomic E-state index is 12.9. The van der Waals surface area contributed by atoms with Gasteiger partial charge in [0.15, 0.2) is 17.3 Å². The molecule has 0 unspecified atom stereocenters. The average molecular weight is 344 g/mol. The van der Waals surface area contributed by atoms with Gasteiger partial charge in [0.2, 0.25) is 0 Å². The van der Waals surface area contributed by atoms with Crippen molar-refractivity contribution < 1.29 is 13.2 Å². The first-order valence-electron chi connectivity index (χ1n) is 7.27. The van der Waals surface area contributed by atoms with Crippen LogP contribution < -0.4 is 5.73 Å². The molecule has 0 aliphatic carbocycles. The third-order valence-corrected chi connectivity index (χ3v) is 3.74. The van der Waals surface area contributed by atoms with Gasteiger partial charge in [-0.05, 0) is 30.3 Å². The van der Waals surface area contributed by atoms with E-state index in [0.717, 1.165) is 27.8 Å². The lowest BCUT2D eigenvalue weighted by atomic mass is 10.2. The molecule has 4 aromatic rings. The Labute approximate surface area is 139 Å². The van der Waals surface area contributed by atoms with Gasteiger partial charge in [0.05, 0.1) is 22.3 Å². The maximum Gasteiger partial charge on any atom is 0.416 e. The van der Waals surface area contributed by atoms with Crippen LogP contribution in [0, 0.1) is 0 Å². The van der Waals surface area contributed by atoms with Crippen LogP contribution in [0.15, 0.2) is 48.5 Å². The number of nitrogens with two attached hydrogens (primary N) is 1. The largest absolute Gasteiger partial charge is 0.416 e. The summed E-state index contributed by atoms with van der Waals surface area (Å²) in [7, 11) is 0. The van der Waals surface area contributed by atoms with Crippen molar-refractivity contribution in [2.45, 2.75) is 6.18 Å². The van der Waals surface area contributed by atoms with Crippen LogP contribution in [-0.4, -0.2) is 25.0 Å². The molecular formula is C16H11F3N6. The molecule has 0 atom stereocenters. The monoisotopic (exact) mass is 344 g/mol. The Morgan fingerprint density at radius 1 is 1.04 bits per heavy atom. The fraction of sp³-hybridized carbons (Fsp3) is 0.0625. The van der Waals surface area contributed by atoms with Crippen LogP contribution in [-0.2, 0) is 6.18 Å². The highest BCUT2D eigenvalue weighted by Gasteiger charge is 2.31. The first-order chi connectivity index (χ1) is 11.9. The van der Waals surface area contributed by atoms with Gasteiger partial charge in [-0.25, -0.2) is 4.98 Å². The number of aromatic nitrogens is 5. The van der Waals surface area contributed by atoms with Gasteiger partial charge in [-0.2, -0.15) is 17.9 Å². The van der Waals surface area contributed by atoms with Crippen LogP contribution in [0.1, 0.15) is 5.56 Å². The smallest absolute Gasteiger partial charge is 0.382 e. The Hall–Kier alpha value is -3.36. The highest BCUT2D eigenvalue weighted by atomic mass is 19.4. The average Bonchev–Trinajstić information content (AvgIpc) is 3.17. The van der Waals surface area contributed by atoms with E-state index in [2.05, 4.69) is 20.3 Å². The molecule has 2 aromatic carbocycles. The molecule has 126 valence electrons. The molecule has 0 radical (unpaired) electrons. The van der Waals surface area contributed by atoms with Crippen molar-refractivity contribution in [3.8, 4) is 17.2 Å². The number of aromatic amines is 1. The third kappa shape index (κ3) is 2.59. The van der Waals surface area contributed by atoms with Crippen LogP contribution in [0.5, 0.6) is 0 Å². The van der Waals surface area contributed by atoms with Gasteiger partial charge in [0.1, 0.15) is 0 Å². The number of rotatable bonds is 2. The van der Waals surface area contributed by atoms with E-state index in [1.807, 2.05) is 24.3 Å². The number of alkyl halides is 3. The molecular weight excluding hydrogens is 333 g/mol. The molecule has 0 aliphatic heterocycles. The number of halogens is 3. The Morgan fingerprint density at radius 3 is 2.60 bits per heavy atom. The zero-order chi connectivity index (χ0) is 17.6. The Balaban J connectivity index is 1.79. The molecule has 0 bridgehead atoms. The number of H-pyrrole nitrogens is 1. The predicted octanol–water partition coefficient (Wildman–Crippen LogP) is 3.41. The number of fused-ring (bicyclic) bond motifs is 1. The highest BCUT2D eigenvalue weighted by Crippen LogP contribution is 2.31. The van der Waals surface area contributed by atoms with Crippen molar-refractivity contribution in [3.63, 3.8) is 0 Å². The second kappa shape index (κ2) is 5.33. The zero-order valence-electron chi connectivity index (χ0n) is 12.6. The van der Waals surface area contributed by atoms with E-state index in [0.29, 0.717) is 5.82 Å². The van der Waals surface area contributed by atoms with E-state index in [1.54, 1.807) is 0 Å². The van der Waals surface area contributed by atoms with Crippen LogP contribution >= 0.6 is 0 Å². The van der Waals surface area contributed by atoms with Gasteiger partial charge in [0, 0.05) is 0 Å². The van der Waals surface area contributed by atoms with Gasteiger partial charge >= 0.3 is 6.18 Å². The zero-order valence-corrected chi connectivity index (χ0v) is 12.6. The third-order valence-electron chi connectivity index (χ3n) is 3.74. The van der Waals surface area contributed by atoms with Gasteiger partial charge in [-0.1, -0.05) is 23.4 Å². The normalized spacial score (nSPS) is 12.0. The fourth-order valence-electron chi connectivity index (χ4n) is 2.53. The topological polar surface area (TPSA) is 85.4 Å². The minimum Gasteiger partial charge on any atom is -0.382 e. The van der Waals surface area contributed by atoms with Crippen molar-refractivity contribution in [3.05, 3.63) is 54.1 Å². The summed E-state index contributed by atoms with van der Waals surface area (Å²) in [6.45, 7) is 0. The summed E-state index contributed by atoms with van der Waals surface area (Å²) in [5, 5.41) is 7.83. The van der Waals surface area contributed by atoms with Crippen molar-refractivity contribution in [1.29, 1.82) is 0 Å². The van der Waals surface area contributed by atoms with E-state index in [1.165, 1.54) is 12.1 Å². The second-order valence-corrected chi connectivity index (χ2v) is 5.39. The van der Waals surface area contributed by atoms with Crippen LogP contribution in [0.3, 0.4) is 0 Å². The molecule has 0 fully saturated rings. The van der Waals surface area contributed by atoms with E-state index in [9.17, 15) is 13.2 Å². The van der Waals surface area contributed by atoms with Gasteiger partial charge in [0.25, 0.3) is 0 Å². The van der Waals surface area contributed by atoms with Crippen LogP contribution in [0.4, 0.5) is 19.0 Å². The molecule has 0 saturated carbocycles. The lowest BCUT2D eigenvalue weighted by Crippen LogP contribution is -2.08. The lowest BCUT2D eigenvalue weighted by Gasteiger charge is -2.09. The van der Waals surface area contributed by atoms with Crippen molar-refractivity contribution in [2.24, 2.45) is 0 Å². The van der Waals surface area contributed by atoms with Gasteiger partial charge in [-0.15, -0.1) is 5.10 Å². The van der Waals surface area contributed by atoms with E-state index < -0.39 is 11.7 Å². The van der Waals surface area contributed by atoms with E-state index >= 15 is 0 Å². The minimum atomic E-state index is -4.45. The summed E-state index contributed by atoms with van der Waals surface area (Å²) >= 11 is 0. The summed E-state index contributed by atoms with van der Waals surface area (Å²) < 4.78 is 39.8. The quantitative estimate of drug-likeness (QED) is 0.583. The van der Waals surface area contributed by atoms with Gasteiger partial charge in [-0.3, -0.25) is 0 Å². The van der Waals surface area contributed by atoms with Crippen molar-refractivity contribution in [2.75, 3.05) is 5.73 Å². The molecule has 6 nitrogen and oxygen atoms in total. The molecule has 9 heteroatoms. The number of para-hydroxylation sites is 2. The fourth-order valence-corrected chi connectivity index (χ4v) is 2.53. The molecule has 2 aromatic heterocycles. The number of benzene rings is 2. The molecule has 3 N–H and O–H groups in total. The molecule has 0 saturated heterocycles. The first kappa shape index (κ1) is 15.2. The second-order valence-electron chi connectivity index (χ2n) is 5.39. The minimum absolute atomic E-state index is 0.0957. The lowest BCUT2D eigenvalue weighted by molar-refractivity contribution is -0.137. The number of hydrogen-bond donors (Lipinski definition) is 2. The molecule has 25 heavy (non-hydrogen) atoms. The molecule has 2 heterocycles. The predicted molar refractivity (Wildman–Crippen MR) is 85.9 cm³/mol. The summed E-state index contributed by atoms with van der Waals surface area (Å²) in [6, 6.07) is 12.1.